The molecular formula is C21H18N2O3S. The number of rotatable bonds is 6. The first kappa shape index (κ1) is 18.4. The van der Waals surface area contributed by atoms with Gasteiger partial charge in [-0.05, 0) is 35.4 Å². The Morgan fingerprint density at radius 2 is 1.78 bits per heavy atom. The molecule has 0 spiro atoms. The molecule has 0 bridgehead atoms. The quantitative estimate of drug-likeness (QED) is 0.570. The van der Waals surface area contributed by atoms with Crippen molar-refractivity contribution in [1.82, 2.24) is 0 Å². The lowest BCUT2D eigenvalue weighted by Crippen LogP contribution is -2.14. The van der Waals surface area contributed by atoms with E-state index >= 15 is 0 Å². The van der Waals surface area contributed by atoms with Gasteiger partial charge in [0.15, 0.2) is 0 Å². The first-order valence-corrected chi connectivity index (χ1v) is 9.07. The van der Waals surface area contributed by atoms with Crippen LogP contribution in [0.1, 0.15) is 26.4 Å². The summed E-state index contributed by atoms with van der Waals surface area (Å²) in [5.41, 5.74) is 7.64. The minimum absolute atomic E-state index is 0.159. The van der Waals surface area contributed by atoms with E-state index in [1.54, 1.807) is 24.3 Å². The number of carbonyl (C=O) groups excluding carboxylic acids is 2. The van der Waals surface area contributed by atoms with Gasteiger partial charge in [-0.3, -0.25) is 9.59 Å². The standard InChI is InChI=1S/C21H18N2O3S/c22-20(26)18-13-17(12-15-4-2-1-3-5-15)27-21(18)23-19(25)11-8-14-6-9-16(24)10-7-14/h1-11,13,24H,12H2,(H2,22,26)(H,23,25)/b11-8+. The molecule has 3 aromatic rings. The lowest BCUT2D eigenvalue weighted by molar-refractivity contribution is -0.111. The molecule has 2 amide bonds. The van der Waals surface area contributed by atoms with E-state index < -0.39 is 5.91 Å². The molecule has 5 nitrogen and oxygen atoms in total. The molecule has 27 heavy (non-hydrogen) atoms. The molecule has 0 atom stereocenters. The minimum Gasteiger partial charge on any atom is -0.508 e. The lowest BCUT2D eigenvalue weighted by Gasteiger charge is -2.01. The van der Waals surface area contributed by atoms with Crippen LogP contribution in [-0.2, 0) is 11.2 Å². The van der Waals surface area contributed by atoms with Gasteiger partial charge in [0.2, 0.25) is 5.91 Å². The Hall–Kier alpha value is -3.38. The third-order valence-corrected chi connectivity index (χ3v) is 4.88. The number of primary amides is 1. The highest BCUT2D eigenvalue weighted by Crippen LogP contribution is 2.29. The molecule has 0 fully saturated rings. The van der Waals surface area contributed by atoms with Crippen LogP contribution in [0.2, 0.25) is 0 Å². The van der Waals surface area contributed by atoms with Crippen LogP contribution >= 0.6 is 11.3 Å². The second-order valence-electron chi connectivity index (χ2n) is 5.90. The van der Waals surface area contributed by atoms with Crippen LogP contribution in [0.15, 0.2) is 66.7 Å². The summed E-state index contributed by atoms with van der Waals surface area (Å²) in [5.74, 6) is -0.783. The second-order valence-corrected chi connectivity index (χ2v) is 7.03. The molecule has 3 rings (SSSR count). The van der Waals surface area contributed by atoms with Crippen LogP contribution in [0.4, 0.5) is 5.00 Å². The molecule has 2 aromatic carbocycles. The molecule has 1 heterocycles. The molecular weight excluding hydrogens is 360 g/mol. The lowest BCUT2D eigenvalue weighted by atomic mass is 10.1. The van der Waals surface area contributed by atoms with E-state index in [4.69, 9.17) is 5.73 Å². The minimum atomic E-state index is -0.580. The van der Waals surface area contributed by atoms with Gasteiger partial charge in [0.05, 0.1) is 5.56 Å². The zero-order valence-corrected chi connectivity index (χ0v) is 15.2. The third kappa shape index (κ3) is 5.05. The maximum absolute atomic E-state index is 12.2. The van der Waals surface area contributed by atoms with E-state index in [9.17, 15) is 14.7 Å². The fourth-order valence-electron chi connectivity index (χ4n) is 2.51. The number of nitrogens with two attached hydrogens (primary N) is 1. The van der Waals surface area contributed by atoms with Gasteiger partial charge in [-0.1, -0.05) is 42.5 Å². The van der Waals surface area contributed by atoms with Crippen molar-refractivity contribution in [3.05, 3.63) is 88.3 Å². The zero-order chi connectivity index (χ0) is 19.2. The Labute approximate surface area is 160 Å². The molecule has 0 aliphatic carbocycles. The van der Waals surface area contributed by atoms with Gasteiger partial charge >= 0.3 is 0 Å². The van der Waals surface area contributed by atoms with Crippen molar-refractivity contribution >= 4 is 34.2 Å². The molecule has 0 radical (unpaired) electrons. The molecule has 0 saturated heterocycles. The fourth-order valence-corrected chi connectivity index (χ4v) is 3.61. The summed E-state index contributed by atoms with van der Waals surface area (Å²) < 4.78 is 0. The van der Waals surface area contributed by atoms with Gasteiger partial charge in [0, 0.05) is 17.4 Å². The number of thiophene rings is 1. The fraction of sp³-hybridized carbons (Fsp3) is 0.0476. The van der Waals surface area contributed by atoms with Gasteiger partial charge in [0.1, 0.15) is 10.8 Å². The molecule has 4 N–H and O–H groups in total. The van der Waals surface area contributed by atoms with Gasteiger partial charge in [-0.25, -0.2) is 0 Å². The Balaban J connectivity index is 1.73. The van der Waals surface area contributed by atoms with Gasteiger partial charge in [-0.2, -0.15) is 0 Å². The monoisotopic (exact) mass is 378 g/mol. The van der Waals surface area contributed by atoms with E-state index in [1.807, 2.05) is 30.3 Å². The topological polar surface area (TPSA) is 92.4 Å². The molecule has 0 aliphatic rings. The van der Waals surface area contributed by atoms with Crippen LogP contribution in [0, 0.1) is 0 Å². The number of nitrogens with one attached hydrogen (secondary N) is 1. The summed E-state index contributed by atoms with van der Waals surface area (Å²) in [6.45, 7) is 0. The zero-order valence-electron chi connectivity index (χ0n) is 14.4. The summed E-state index contributed by atoms with van der Waals surface area (Å²) in [7, 11) is 0. The SMILES string of the molecule is NC(=O)c1cc(Cc2ccccc2)sc1NC(=O)/C=C/c1ccc(O)cc1. The van der Waals surface area contributed by atoms with E-state index in [2.05, 4.69) is 5.32 Å². The molecule has 0 aliphatic heterocycles. The molecule has 136 valence electrons. The highest BCUT2D eigenvalue weighted by Gasteiger charge is 2.15. The summed E-state index contributed by atoms with van der Waals surface area (Å²) in [5, 5.41) is 12.4. The highest BCUT2D eigenvalue weighted by molar-refractivity contribution is 7.16. The normalized spacial score (nSPS) is 10.8. The summed E-state index contributed by atoms with van der Waals surface area (Å²) in [6, 6.07) is 18.0. The van der Waals surface area contributed by atoms with Crippen molar-refractivity contribution in [2.45, 2.75) is 6.42 Å². The van der Waals surface area contributed by atoms with Crippen molar-refractivity contribution in [2.75, 3.05) is 5.32 Å². The van der Waals surface area contributed by atoms with E-state index in [1.165, 1.54) is 29.5 Å². The predicted molar refractivity (Wildman–Crippen MR) is 108 cm³/mol. The Kier molecular flexibility index (Phi) is 5.68. The second kappa shape index (κ2) is 8.33. The maximum atomic E-state index is 12.2. The van der Waals surface area contributed by atoms with Crippen molar-refractivity contribution in [3.63, 3.8) is 0 Å². The van der Waals surface area contributed by atoms with Crippen LogP contribution in [-0.4, -0.2) is 16.9 Å². The number of phenolic OH excluding ortho intramolecular Hbond substituents is 1. The Morgan fingerprint density at radius 3 is 2.44 bits per heavy atom. The molecule has 6 heteroatoms. The number of amides is 2. The number of aromatic hydroxyl groups is 1. The summed E-state index contributed by atoms with van der Waals surface area (Å²) in [6.07, 6.45) is 3.65. The van der Waals surface area contributed by atoms with Gasteiger partial charge < -0.3 is 16.2 Å². The van der Waals surface area contributed by atoms with Crippen molar-refractivity contribution in [3.8, 4) is 5.75 Å². The van der Waals surface area contributed by atoms with E-state index in [0.29, 0.717) is 17.0 Å². The largest absolute Gasteiger partial charge is 0.508 e. The Bertz CT molecular complexity index is 976. The van der Waals surface area contributed by atoms with Crippen LogP contribution in [0.25, 0.3) is 6.08 Å². The maximum Gasteiger partial charge on any atom is 0.251 e. The first-order chi connectivity index (χ1) is 13.0. The summed E-state index contributed by atoms with van der Waals surface area (Å²) >= 11 is 1.33. The summed E-state index contributed by atoms with van der Waals surface area (Å²) in [4.78, 5) is 24.9. The highest BCUT2D eigenvalue weighted by atomic mass is 32.1. The number of carbonyl (C=O) groups is 2. The number of hydrogen-bond donors (Lipinski definition) is 3. The number of benzene rings is 2. The van der Waals surface area contributed by atoms with Crippen LogP contribution in [0.5, 0.6) is 5.75 Å². The number of hydrogen-bond acceptors (Lipinski definition) is 4. The number of anilines is 1. The van der Waals surface area contributed by atoms with Crippen LogP contribution in [0.3, 0.4) is 0 Å². The van der Waals surface area contributed by atoms with E-state index in [-0.39, 0.29) is 11.7 Å². The number of phenols is 1. The molecule has 0 saturated carbocycles. The van der Waals surface area contributed by atoms with Crippen molar-refractivity contribution in [2.24, 2.45) is 5.73 Å². The molecule has 0 unspecified atom stereocenters. The molecule has 1 aromatic heterocycles. The average molecular weight is 378 g/mol. The van der Waals surface area contributed by atoms with Crippen LogP contribution < -0.4 is 11.1 Å². The average Bonchev–Trinajstić information content (AvgIpc) is 3.04. The smallest absolute Gasteiger partial charge is 0.251 e. The van der Waals surface area contributed by atoms with Crippen molar-refractivity contribution in [1.29, 1.82) is 0 Å². The van der Waals surface area contributed by atoms with Crippen molar-refractivity contribution < 1.29 is 14.7 Å². The van der Waals surface area contributed by atoms with Gasteiger partial charge in [-0.15, -0.1) is 11.3 Å². The Morgan fingerprint density at radius 1 is 1.07 bits per heavy atom. The van der Waals surface area contributed by atoms with E-state index in [0.717, 1.165) is 16.0 Å². The van der Waals surface area contributed by atoms with Gasteiger partial charge in [0.25, 0.3) is 5.91 Å². The first-order valence-electron chi connectivity index (χ1n) is 8.26. The predicted octanol–water partition coefficient (Wildman–Crippen LogP) is 3.80. The third-order valence-electron chi connectivity index (χ3n) is 3.83.